The molecule has 2 aromatic rings. The van der Waals surface area contributed by atoms with Gasteiger partial charge in [-0.05, 0) is 48.3 Å². The Morgan fingerprint density at radius 3 is 3.00 bits per heavy atom. The lowest BCUT2D eigenvalue weighted by Crippen LogP contribution is -2.16. The van der Waals surface area contributed by atoms with Crippen LogP contribution in [0.3, 0.4) is 0 Å². The smallest absolute Gasteiger partial charge is 0.0683 e. The van der Waals surface area contributed by atoms with Gasteiger partial charge in [0.15, 0.2) is 0 Å². The predicted octanol–water partition coefficient (Wildman–Crippen LogP) is 3.64. The summed E-state index contributed by atoms with van der Waals surface area (Å²) in [6, 6.07) is 2.64. The second-order valence-electron chi connectivity index (χ2n) is 4.75. The molecule has 0 amide bonds. The first-order valence-corrected chi connectivity index (χ1v) is 7.85. The Bertz CT molecular complexity index is 567. The van der Waals surface area contributed by atoms with Gasteiger partial charge in [0.25, 0.3) is 0 Å². The Labute approximate surface area is 119 Å². The lowest BCUT2D eigenvalue weighted by atomic mass is 10.0. The summed E-state index contributed by atoms with van der Waals surface area (Å²) in [5.74, 6) is 0. The number of nitrogens with zero attached hydrogens (tertiary/aromatic N) is 2. The molecule has 0 spiro atoms. The average Bonchev–Trinajstić information content (AvgIpc) is 2.99. The molecule has 1 aliphatic rings. The Hall–Kier alpha value is -0.650. The van der Waals surface area contributed by atoms with Crippen molar-refractivity contribution in [3.63, 3.8) is 0 Å². The molecule has 1 saturated heterocycles. The second kappa shape index (κ2) is 4.79. The molecule has 0 saturated carbocycles. The largest absolute Gasteiger partial charge is 0.309 e. The summed E-state index contributed by atoms with van der Waals surface area (Å²) < 4.78 is 3.19. The van der Waals surface area contributed by atoms with Crippen molar-refractivity contribution in [1.82, 2.24) is 15.1 Å². The van der Waals surface area contributed by atoms with Crippen LogP contribution in [0.4, 0.5) is 0 Å². The molecular weight excluding hydrogens is 310 g/mol. The van der Waals surface area contributed by atoms with Gasteiger partial charge in [0, 0.05) is 33.4 Å². The van der Waals surface area contributed by atoms with Crippen molar-refractivity contribution in [2.75, 3.05) is 6.54 Å². The zero-order valence-corrected chi connectivity index (χ0v) is 12.9. The molecule has 0 radical (unpaired) electrons. The summed E-state index contributed by atoms with van der Waals surface area (Å²) >= 11 is 5.31. The highest BCUT2D eigenvalue weighted by Gasteiger charge is 2.26. The van der Waals surface area contributed by atoms with E-state index in [0.29, 0.717) is 6.04 Å². The van der Waals surface area contributed by atoms with Crippen LogP contribution in [0.15, 0.2) is 15.9 Å². The summed E-state index contributed by atoms with van der Waals surface area (Å²) in [4.78, 5) is 1.30. The number of nitrogens with one attached hydrogen (secondary N) is 1. The van der Waals surface area contributed by atoms with Gasteiger partial charge in [-0.15, -0.1) is 11.3 Å². The van der Waals surface area contributed by atoms with Gasteiger partial charge in [0.05, 0.1) is 11.4 Å². The number of hydrogen-bond donors (Lipinski definition) is 1. The highest BCUT2D eigenvalue weighted by atomic mass is 79.9. The van der Waals surface area contributed by atoms with Gasteiger partial charge in [-0.1, -0.05) is 0 Å². The van der Waals surface area contributed by atoms with E-state index in [0.717, 1.165) is 16.7 Å². The van der Waals surface area contributed by atoms with Gasteiger partial charge in [0.2, 0.25) is 0 Å². The maximum absolute atomic E-state index is 4.61. The van der Waals surface area contributed by atoms with E-state index < -0.39 is 0 Å². The molecule has 5 heteroatoms. The lowest BCUT2D eigenvalue weighted by Gasteiger charge is -2.13. The summed E-state index contributed by atoms with van der Waals surface area (Å²) in [6.07, 6.45) is 2.46. The van der Waals surface area contributed by atoms with Gasteiger partial charge >= 0.3 is 0 Å². The monoisotopic (exact) mass is 325 g/mol. The first-order valence-electron chi connectivity index (χ1n) is 6.18. The molecule has 1 fully saturated rings. The molecule has 96 valence electrons. The Kier molecular flexibility index (Phi) is 3.30. The molecule has 1 atom stereocenters. The van der Waals surface area contributed by atoms with Crippen LogP contribution in [-0.4, -0.2) is 16.3 Å². The van der Waals surface area contributed by atoms with Crippen molar-refractivity contribution in [2.45, 2.75) is 25.8 Å². The quantitative estimate of drug-likeness (QED) is 0.913. The zero-order valence-electron chi connectivity index (χ0n) is 10.5. The first kappa shape index (κ1) is 12.4. The third-order valence-electron chi connectivity index (χ3n) is 3.47. The molecule has 0 bridgehead atoms. The summed E-state index contributed by atoms with van der Waals surface area (Å²) in [5, 5.41) is 10.3. The van der Waals surface area contributed by atoms with E-state index in [1.807, 2.05) is 4.68 Å². The van der Waals surface area contributed by atoms with E-state index in [4.69, 9.17) is 0 Å². The van der Waals surface area contributed by atoms with Gasteiger partial charge in [-0.3, -0.25) is 4.68 Å². The highest BCUT2D eigenvalue weighted by molar-refractivity contribution is 9.10. The molecule has 0 aromatic carbocycles. The minimum atomic E-state index is 0.451. The standard InChI is InChI=1S/C13H16BrN3S/c1-8-12(11-6-9(14)7-18-11)13(17(2)16-8)10-4-3-5-15-10/h6-7,10,15H,3-5H2,1-2H3. The van der Waals surface area contributed by atoms with E-state index in [2.05, 4.69) is 51.8 Å². The number of hydrogen-bond acceptors (Lipinski definition) is 3. The highest BCUT2D eigenvalue weighted by Crippen LogP contribution is 2.38. The maximum atomic E-state index is 4.61. The summed E-state index contributed by atoms with van der Waals surface area (Å²) in [5.41, 5.74) is 3.77. The van der Waals surface area contributed by atoms with Crippen molar-refractivity contribution in [1.29, 1.82) is 0 Å². The maximum Gasteiger partial charge on any atom is 0.0683 e. The van der Waals surface area contributed by atoms with Crippen molar-refractivity contribution in [3.8, 4) is 10.4 Å². The van der Waals surface area contributed by atoms with Crippen LogP contribution in [0, 0.1) is 6.92 Å². The van der Waals surface area contributed by atoms with Crippen LogP contribution < -0.4 is 5.32 Å². The zero-order chi connectivity index (χ0) is 12.7. The SMILES string of the molecule is Cc1nn(C)c(C2CCCN2)c1-c1cc(Br)cs1. The molecule has 18 heavy (non-hydrogen) atoms. The topological polar surface area (TPSA) is 29.9 Å². The lowest BCUT2D eigenvalue weighted by molar-refractivity contribution is 0.574. The fourth-order valence-corrected chi connectivity index (χ4v) is 4.28. The molecule has 1 unspecified atom stereocenters. The van der Waals surface area contributed by atoms with Crippen LogP contribution >= 0.6 is 27.3 Å². The van der Waals surface area contributed by atoms with E-state index >= 15 is 0 Å². The average molecular weight is 326 g/mol. The fraction of sp³-hybridized carbons (Fsp3) is 0.462. The van der Waals surface area contributed by atoms with Crippen molar-refractivity contribution < 1.29 is 0 Å². The molecule has 3 nitrogen and oxygen atoms in total. The van der Waals surface area contributed by atoms with Gasteiger partial charge < -0.3 is 5.32 Å². The number of aromatic nitrogens is 2. The van der Waals surface area contributed by atoms with E-state index in [9.17, 15) is 0 Å². The molecule has 1 aliphatic heterocycles. The molecule has 3 heterocycles. The van der Waals surface area contributed by atoms with Gasteiger partial charge in [0.1, 0.15) is 0 Å². The Morgan fingerprint density at radius 1 is 1.56 bits per heavy atom. The van der Waals surface area contributed by atoms with E-state index in [1.54, 1.807) is 11.3 Å². The van der Waals surface area contributed by atoms with E-state index in [1.165, 1.54) is 29.0 Å². The van der Waals surface area contributed by atoms with Crippen LogP contribution in [-0.2, 0) is 7.05 Å². The molecule has 0 aliphatic carbocycles. The molecule has 1 N–H and O–H groups in total. The minimum absolute atomic E-state index is 0.451. The summed E-state index contributed by atoms with van der Waals surface area (Å²) in [7, 11) is 2.05. The number of thiophene rings is 1. The number of halogens is 1. The van der Waals surface area contributed by atoms with Crippen LogP contribution in [0.1, 0.15) is 30.3 Å². The van der Waals surface area contributed by atoms with Crippen LogP contribution in [0.5, 0.6) is 0 Å². The Morgan fingerprint density at radius 2 is 2.39 bits per heavy atom. The number of rotatable bonds is 2. The van der Waals surface area contributed by atoms with Crippen molar-refractivity contribution in [2.24, 2.45) is 7.05 Å². The predicted molar refractivity (Wildman–Crippen MR) is 78.9 cm³/mol. The minimum Gasteiger partial charge on any atom is -0.309 e. The van der Waals surface area contributed by atoms with E-state index in [-0.39, 0.29) is 0 Å². The van der Waals surface area contributed by atoms with Gasteiger partial charge in [-0.25, -0.2) is 0 Å². The Balaban J connectivity index is 2.12. The molecular formula is C13H16BrN3S. The van der Waals surface area contributed by atoms with Crippen LogP contribution in [0.2, 0.25) is 0 Å². The van der Waals surface area contributed by atoms with Crippen molar-refractivity contribution >= 4 is 27.3 Å². The molecule has 3 rings (SSSR count). The normalized spacial score (nSPS) is 19.6. The molecule has 2 aromatic heterocycles. The fourth-order valence-electron chi connectivity index (χ4n) is 2.74. The van der Waals surface area contributed by atoms with Crippen LogP contribution in [0.25, 0.3) is 10.4 Å². The van der Waals surface area contributed by atoms with Gasteiger partial charge in [-0.2, -0.15) is 5.10 Å². The summed E-state index contributed by atoms with van der Waals surface area (Å²) in [6.45, 7) is 3.21. The first-order chi connectivity index (χ1) is 8.66. The number of aryl methyl sites for hydroxylation is 2. The third kappa shape index (κ3) is 2.04. The second-order valence-corrected chi connectivity index (χ2v) is 6.57. The van der Waals surface area contributed by atoms with Crippen molar-refractivity contribution in [3.05, 3.63) is 27.3 Å². The third-order valence-corrected chi connectivity index (χ3v) is 5.18.